The molecule has 0 saturated carbocycles. The molecule has 0 aromatic carbocycles. The van der Waals surface area contributed by atoms with Crippen LogP contribution in [0, 0.1) is 0 Å². The summed E-state index contributed by atoms with van der Waals surface area (Å²) in [6.07, 6.45) is -3.88. The molecular formula is C13H20N4O3. The van der Waals surface area contributed by atoms with Gasteiger partial charge in [0, 0.05) is 27.4 Å². The second kappa shape index (κ2) is 5.62. The fourth-order valence-corrected chi connectivity index (χ4v) is 1.97. The normalized spacial score (nSPS) is 20.4. The number of rotatable bonds is 5. The van der Waals surface area contributed by atoms with Crippen LogP contribution < -0.4 is 11.2 Å². The monoisotopic (exact) mass is 286 g/mol. The molecule has 0 amide bonds. The Kier molecular flexibility index (Phi) is 2.36. The van der Waals surface area contributed by atoms with Gasteiger partial charge in [0.1, 0.15) is 0 Å². The Balaban J connectivity index is 2.46. The molecule has 2 aromatic rings. The minimum absolute atomic E-state index is 0.00934. The Morgan fingerprint density at radius 3 is 2.95 bits per heavy atom. The SMILES string of the molecule is [2H]C([2H])([2H])n1cnc2c1c(=O)n(CCCC([2H])([2H])C([2H])(C)O)c(=O)n2C. The summed E-state index contributed by atoms with van der Waals surface area (Å²) in [5, 5.41) is 9.52. The van der Waals surface area contributed by atoms with E-state index in [1.165, 1.54) is 7.05 Å². The summed E-state index contributed by atoms with van der Waals surface area (Å²) < 4.78 is 47.8. The van der Waals surface area contributed by atoms with Gasteiger partial charge < -0.3 is 9.67 Å². The van der Waals surface area contributed by atoms with E-state index >= 15 is 0 Å². The van der Waals surface area contributed by atoms with Gasteiger partial charge in [-0.05, 0) is 26.1 Å². The lowest BCUT2D eigenvalue weighted by Crippen LogP contribution is -2.39. The van der Waals surface area contributed by atoms with Crippen molar-refractivity contribution in [3.8, 4) is 0 Å². The van der Waals surface area contributed by atoms with Crippen molar-refractivity contribution in [2.45, 2.75) is 38.8 Å². The first-order valence-electron chi connectivity index (χ1n) is 9.08. The molecule has 1 atom stereocenters. The summed E-state index contributed by atoms with van der Waals surface area (Å²) in [5.41, 5.74) is -1.86. The molecule has 2 heterocycles. The van der Waals surface area contributed by atoms with Crippen molar-refractivity contribution < 1.29 is 13.3 Å². The van der Waals surface area contributed by atoms with Crippen LogP contribution in [-0.2, 0) is 20.6 Å². The van der Waals surface area contributed by atoms with Crippen molar-refractivity contribution in [3.63, 3.8) is 0 Å². The molecule has 1 N–H and O–H groups in total. The van der Waals surface area contributed by atoms with Crippen LogP contribution in [0.5, 0.6) is 0 Å². The van der Waals surface area contributed by atoms with Gasteiger partial charge in [-0.1, -0.05) is 0 Å². The van der Waals surface area contributed by atoms with Crippen LogP contribution in [0.25, 0.3) is 11.2 Å². The molecule has 0 bridgehead atoms. The molecule has 7 heteroatoms. The topological polar surface area (TPSA) is 82.1 Å². The number of fused-ring (bicyclic) bond motifs is 1. The maximum Gasteiger partial charge on any atom is 0.332 e. The van der Waals surface area contributed by atoms with Gasteiger partial charge in [-0.2, -0.15) is 0 Å². The molecular weight excluding hydrogens is 260 g/mol. The molecule has 0 fully saturated rings. The third-order valence-electron chi connectivity index (χ3n) is 2.97. The Morgan fingerprint density at radius 1 is 1.55 bits per heavy atom. The average Bonchev–Trinajstić information content (AvgIpc) is 2.92. The summed E-state index contributed by atoms with van der Waals surface area (Å²) in [6, 6.07) is 0. The van der Waals surface area contributed by atoms with Crippen LogP contribution in [0.2, 0.25) is 0 Å². The Bertz CT molecular complexity index is 935. The van der Waals surface area contributed by atoms with E-state index in [-0.39, 0.29) is 30.6 Å². The summed E-state index contributed by atoms with van der Waals surface area (Å²) >= 11 is 0. The van der Waals surface area contributed by atoms with E-state index < -0.39 is 30.7 Å². The van der Waals surface area contributed by atoms with Crippen LogP contribution in [0.4, 0.5) is 0 Å². The van der Waals surface area contributed by atoms with Crippen LogP contribution >= 0.6 is 0 Å². The zero-order valence-electron chi connectivity index (χ0n) is 17.3. The van der Waals surface area contributed by atoms with Crippen LogP contribution in [0.15, 0.2) is 15.9 Å². The van der Waals surface area contributed by atoms with E-state index in [1.807, 2.05) is 0 Å². The van der Waals surface area contributed by atoms with Crippen molar-refractivity contribution in [2.24, 2.45) is 14.0 Å². The van der Waals surface area contributed by atoms with E-state index in [4.69, 9.17) is 8.22 Å². The zero-order valence-corrected chi connectivity index (χ0v) is 11.3. The highest BCUT2D eigenvalue weighted by Crippen LogP contribution is 2.04. The minimum Gasteiger partial charge on any atom is -0.393 e. The van der Waals surface area contributed by atoms with Gasteiger partial charge in [-0.3, -0.25) is 13.9 Å². The van der Waals surface area contributed by atoms with Crippen LogP contribution in [-0.4, -0.2) is 29.9 Å². The maximum absolute atomic E-state index is 12.6. The highest BCUT2D eigenvalue weighted by Gasteiger charge is 2.14. The molecule has 2 aromatic heterocycles. The standard InChI is InChI=1S/C13H20N4O3/c1-9(18)6-4-5-7-17-12(19)10-11(14-8-15(10)2)16(3)13(17)20/h8-9,18H,4-7H2,1-3H3/i2D3,6D2,9D. The van der Waals surface area contributed by atoms with E-state index in [0.29, 0.717) is 4.57 Å². The first-order chi connectivity index (χ1) is 11.7. The van der Waals surface area contributed by atoms with Crippen molar-refractivity contribution >= 4 is 11.2 Å². The predicted octanol–water partition coefficient (Wildman–Crippen LogP) is -0.0152. The number of aryl methyl sites for hydroxylation is 2. The van der Waals surface area contributed by atoms with Crippen LogP contribution in [0.1, 0.15) is 34.4 Å². The second-order valence-corrected chi connectivity index (χ2v) is 4.45. The number of aromatic nitrogens is 4. The molecule has 0 saturated heterocycles. The molecule has 110 valence electrons. The van der Waals surface area contributed by atoms with E-state index in [0.717, 1.165) is 22.4 Å². The average molecular weight is 286 g/mol. The number of aliphatic hydroxyl groups is 1. The Labute approximate surface area is 124 Å². The lowest BCUT2D eigenvalue weighted by molar-refractivity contribution is 0.180. The molecule has 0 aliphatic heterocycles. The van der Waals surface area contributed by atoms with Crippen molar-refractivity contribution in [2.75, 3.05) is 0 Å². The molecule has 0 aliphatic rings. The van der Waals surface area contributed by atoms with Gasteiger partial charge in [-0.25, -0.2) is 9.78 Å². The minimum atomic E-state index is -2.65. The number of nitrogens with zero attached hydrogens (tertiary/aromatic N) is 4. The second-order valence-electron chi connectivity index (χ2n) is 4.45. The smallest absolute Gasteiger partial charge is 0.332 e. The largest absolute Gasteiger partial charge is 0.393 e. The summed E-state index contributed by atoms with van der Waals surface area (Å²) in [4.78, 5) is 28.8. The maximum atomic E-state index is 12.6. The van der Waals surface area contributed by atoms with Crippen molar-refractivity contribution in [1.29, 1.82) is 0 Å². The number of hydrogen-bond acceptors (Lipinski definition) is 4. The zero-order chi connectivity index (χ0) is 20.1. The van der Waals surface area contributed by atoms with Gasteiger partial charge in [0.05, 0.1) is 13.8 Å². The number of imidazole rings is 1. The third kappa shape index (κ3) is 2.53. The molecule has 2 rings (SSSR count). The van der Waals surface area contributed by atoms with E-state index in [1.54, 1.807) is 0 Å². The quantitative estimate of drug-likeness (QED) is 0.838. The molecule has 7 nitrogen and oxygen atoms in total. The Hall–Kier alpha value is -1.89. The molecule has 0 spiro atoms. The predicted molar refractivity (Wildman–Crippen MR) is 75.7 cm³/mol. The lowest BCUT2D eigenvalue weighted by Gasteiger charge is -2.09. The van der Waals surface area contributed by atoms with Gasteiger partial charge >= 0.3 is 5.69 Å². The van der Waals surface area contributed by atoms with Crippen LogP contribution in [0.3, 0.4) is 0 Å². The fraction of sp³-hybridized carbons (Fsp3) is 0.615. The summed E-state index contributed by atoms with van der Waals surface area (Å²) in [7, 11) is 1.35. The summed E-state index contributed by atoms with van der Waals surface area (Å²) in [5.74, 6) is 0. The van der Waals surface area contributed by atoms with Gasteiger partial charge in [0.2, 0.25) is 0 Å². The lowest BCUT2D eigenvalue weighted by atomic mass is 10.2. The van der Waals surface area contributed by atoms with E-state index in [9.17, 15) is 14.7 Å². The number of hydrogen-bond donors (Lipinski definition) is 1. The van der Waals surface area contributed by atoms with Gasteiger partial charge in [-0.15, -0.1) is 0 Å². The highest BCUT2D eigenvalue weighted by molar-refractivity contribution is 5.69. The first kappa shape index (κ1) is 8.41. The molecule has 0 aliphatic carbocycles. The third-order valence-corrected chi connectivity index (χ3v) is 2.97. The van der Waals surface area contributed by atoms with E-state index in [2.05, 4.69) is 4.98 Å². The fourth-order valence-electron chi connectivity index (χ4n) is 1.97. The molecule has 1 unspecified atom stereocenters. The Morgan fingerprint density at radius 2 is 2.30 bits per heavy atom. The summed E-state index contributed by atoms with van der Waals surface area (Å²) in [6.45, 7) is -1.83. The first-order valence-corrected chi connectivity index (χ1v) is 6.08. The molecule has 20 heavy (non-hydrogen) atoms. The van der Waals surface area contributed by atoms with Crippen molar-refractivity contribution in [3.05, 3.63) is 27.2 Å². The van der Waals surface area contributed by atoms with Gasteiger partial charge in [0.25, 0.3) is 5.56 Å². The highest BCUT2D eigenvalue weighted by atomic mass is 16.3. The van der Waals surface area contributed by atoms with Crippen molar-refractivity contribution in [1.82, 2.24) is 18.7 Å². The molecule has 0 radical (unpaired) electrons. The van der Waals surface area contributed by atoms with Gasteiger partial charge in [0.15, 0.2) is 11.2 Å².